The van der Waals surface area contributed by atoms with E-state index in [1.165, 1.54) is 14.2 Å². The van der Waals surface area contributed by atoms with Gasteiger partial charge in [0, 0.05) is 17.5 Å². The molecule has 26 heavy (non-hydrogen) atoms. The average molecular weight is 378 g/mol. The Labute approximate surface area is 156 Å². The summed E-state index contributed by atoms with van der Waals surface area (Å²) in [5.41, 5.74) is 5.50. The van der Waals surface area contributed by atoms with Gasteiger partial charge >= 0.3 is 0 Å². The highest BCUT2D eigenvalue weighted by molar-refractivity contribution is 7.10. The van der Waals surface area contributed by atoms with Crippen molar-refractivity contribution in [3.8, 4) is 17.2 Å². The lowest BCUT2D eigenvalue weighted by molar-refractivity contribution is -0.120. The van der Waals surface area contributed by atoms with Crippen LogP contribution in [0.5, 0.6) is 17.2 Å². The van der Waals surface area contributed by atoms with E-state index < -0.39 is 5.91 Å². The molecule has 0 fully saturated rings. The van der Waals surface area contributed by atoms with Gasteiger partial charge in [-0.05, 0) is 30.5 Å². The molecule has 140 valence electrons. The van der Waals surface area contributed by atoms with Gasteiger partial charge in [0.1, 0.15) is 0 Å². The number of methoxy groups -OCH3 is 2. The fraction of sp³-hybridized carbons (Fsp3) is 0.333. The summed E-state index contributed by atoms with van der Waals surface area (Å²) in [4.78, 5) is 26.6. The van der Waals surface area contributed by atoms with Gasteiger partial charge in [-0.3, -0.25) is 9.59 Å². The zero-order valence-electron chi connectivity index (χ0n) is 15.1. The third kappa shape index (κ3) is 4.26. The third-order valence-electron chi connectivity index (χ3n) is 3.92. The molecule has 0 aliphatic carbocycles. The monoisotopic (exact) mass is 378 g/mol. The van der Waals surface area contributed by atoms with Gasteiger partial charge in [0.05, 0.1) is 20.3 Å². The first-order chi connectivity index (χ1) is 12.4. The standard InChI is InChI=1S/C18H22N2O5S/c1-11(15-6-5-7-26-15)20(2)18(22)12-8-13(23-3)17(14(9-12)24-4)25-10-16(19)21/h5-9,11H,10H2,1-4H3,(H2,19,21)/t11-/m1/s1. The summed E-state index contributed by atoms with van der Waals surface area (Å²) < 4.78 is 16.0. The summed E-state index contributed by atoms with van der Waals surface area (Å²) in [6.45, 7) is 1.64. The Hall–Kier alpha value is -2.74. The predicted molar refractivity (Wildman–Crippen MR) is 99.1 cm³/mol. The van der Waals surface area contributed by atoms with E-state index in [9.17, 15) is 9.59 Å². The zero-order chi connectivity index (χ0) is 19.3. The highest BCUT2D eigenvalue weighted by Crippen LogP contribution is 2.39. The molecular formula is C18H22N2O5S. The Bertz CT molecular complexity index is 751. The van der Waals surface area contributed by atoms with Crippen LogP contribution in [0.2, 0.25) is 0 Å². The van der Waals surface area contributed by atoms with Crippen molar-refractivity contribution in [1.82, 2.24) is 4.90 Å². The first-order valence-electron chi connectivity index (χ1n) is 7.86. The molecule has 1 aromatic carbocycles. The Morgan fingerprint density at radius 3 is 2.31 bits per heavy atom. The number of benzene rings is 1. The minimum atomic E-state index is -0.626. The second-order valence-electron chi connectivity index (χ2n) is 5.57. The fourth-order valence-corrected chi connectivity index (χ4v) is 3.21. The van der Waals surface area contributed by atoms with E-state index in [4.69, 9.17) is 19.9 Å². The minimum absolute atomic E-state index is 0.0784. The van der Waals surface area contributed by atoms with Gasteiger partial charge in [-0.15, -0.1) is 11.3 Å². The van der Waals surface area contributed by atoms with Crippen molar-refractivity contribution in [2.75, 3.05) is 27.9 Å². The van der Waals surface area contributed by atoms with E-state index in [2.05, 4.69) is 0 Å². The van der Waals surface area contributed by atoms with Crippen molar-refractivity contribution in [1.29, 1.82) is 0 Å². The minimum Gasteiger partial charge on any atom is -0.493 e. The molecule has 0 spiro atoms. The molecule has 2 amide bonds. The second-order valence-corrected chi connectivity index (χ2v) is 6.55. The molecule has 2 N–H and O–H groups in total. The number of thiophene rings is 1. The van der Waals surface area contributed by atoms with Gasteiger partial charge in [0.25, 0.3) is 11.8 Å². The maximum absolute atomic E-state index is 12.9. The van der Waals surface area contributed by atoms with E-state index in [0.717, 1.165) is 4.88 Å². The van der Waals surface area contributed by atoms with Crippen molar-refractivity contribution in [2.24, 2.45) is 5.73 Å². The van der Waals surface area contributed by atoms with Crippen LogP contribution in [0.15, 0.2) is 29.6 Å². The average Bonchev–Trinajstić information content (AvgIpc) is 3.18. The van der Waals surface area contributed by atoms with Crippen molar-refractivity contribution < 1.29 is 23.8 Å². The molecular weight excluding hydrogens is 356 g/mol. The van der Waals surface area contributed by atoms with Crippen LogP contribution in [0.4, 0.5) is 0 Å². The van der Waals surface area contributed by atoms with Crippen LogP contribution < -0.4 is 19.9 Å². The van der Waals surface area contributed by atoms with Crippen LogP contribution in [0.3, 0.4) is 0 Å². The summed E-state index contributed by atoms with van der Waals surface area (Å²) in [6, 6.07) is 6.97. The van der Waals surface area contributed by atoms with Crippen LogP contribution >= 0.6 is 11.3 Å². The Balaban J connectivity index is 2.33. The van der Waals surface area contributed by atoms with Crippen LogP contribution in [-0.4, -0.2) is 44.6 Å². The summed E-state index contributed by atoms with van der Waals surface area (Å²) >= 11 is 1.59. The normalized spacial score (nSPS) is 11.5. The molecule has 8 heteroatoms. The Kier molecular flexibility index (Phi) is 6.46. The van der Waals surface area contributed by atoms with E-state index in [1.807, 2.05) is 24.4 Å². The number of primary amides is 1. The van der Waals surface area contributed by atoms with E-state index in [0.29, 0.717) is 5.56 Å². The van der Waals surface area contributed by atoms with Gasteiger partial charge < -0.3 is 24.8 Å². The molecule has 0 aliphatic rings. The molecule has 0 bridgehead atoms. The van der Waals surface area contributed by atoms with Gasteiger partial charge in [-0.2, -0.15) is 0 Å². The number of rotatable bonds is 8. The molecule has 1 aromatic heterocycles. The fourth-order valence-electron chi connectivity index (χ4n) is 2.39. The van der Waals surface area contributed by atoms with Crippen molar-refractivity contribution in [3.05, 3.63) is 40.1 Å². The number of nitrogens with two attached hydrogens (primary N) is 1. The van der Waals surface area contributed by atoms with Gasteiger partial charge in [-0.1, -0.05) is 6.07 Å². The molecule has 0 radical (unpaired) electrons. The molecule has 2 rings (SSSR count). The topological polar surface area (TPSA) is 91.1 Å². The molecule has 0 saturated carbocycles. The lowest BCUT2D eigenvalue weighted by Crippen LogP contribution is -2.29. The maximum atomic E-state index is 12.9. The molecule has 2 aromatic rings. The van der Waals surface area contributed by atoms with Crippen molar-refractivity contribution in [2.45, 2.75) is 13.0 Å². The largest absolute Gasteiger partial charge is 0.493 e. The van der Waals surface area contributed by atoms with E-state index >= 15 is 0 Å². The molecule has 0 unspecified atom stereocenters. The second kappa shape index (κ2) is 8.57. The SMILES string of the molecule is COc1cc(C(=O)N(C)[C@H](C)c2cccs2)cc(OC)c1OCC(N)=O. The number of carbonyl (C=O) groups excluding carboxylic acids is 2. The number of hydrogen-bond donors (Lipinski definition) is 1. The Morgan fingerprint density at radius 1 is 1.23 bits per heavy atom. The molecule has 1 atom stereocenters. The van der Waals surface area contributed by atoms with Crippen molar-refractivity contribution >= 4 is 23.2 Å². The molecule has 1 heterocycles. The van der Waals surface area contributed by atoms with Crippen LogP contribution in [0, 0.1) is 0 Å². The molecule has 0 saturated heterocycles. The summed E-state index contributed by atoms with van der Waals surface area (Å²) in [7, 11) is 4.62. The van der Waals surface area contributed by atoms with Crippen LogP contribution in [0.25, 0.3) is 0 Å². The lowest BCUT2D eigenvalue weighted by atomic mass is 10.1. The highest BCUT2D eigenvalue weighted by Gasteiger charge is 2.23. The summed E-state index contributed by atoms with van der Waals surface area (Å²) in [6.07, 6.45) is 0. The van der Waals surface area contributed by atoms with Crippen molar-refractivity contribution in [3.63, 3.8) is 0 Å². The highest BCUT2D eigenvalue weighted by atomic mass is 32.1. The first-order valence-corrected chi connectivity index (χ1v) is 8.74. The summed E-state index contributed by atoms with van der Waals surface area (Å²) in [5, 5.41) is 1.97. The smallest absolute Gasteiger partial charge is 0.255 e. The lowest BCUT2D eigenvalue weighted by Gasteiger charge is -2.25. The van der Waals surface area contributed by atoms with E-state index in [-0.39, 0.29) is 35.8 Å². The van der Waals surface area contributed by atoms with Gasteiger partial charge in [0.2, 0.25) is 5.75 Å². The molecule has 0 aliphatic heterocycles. The predicted octanol–water partition coefficient (Wildman–Crippen LogP) is 2.46. The van der Waals surface area contributed by atoms with Gasteiger partial charge in [0.15, 0.2) is 18.1 Å². The van der Waals surface area contributed by atoms with Crippen LogP contribution in [0.1, 0.15) is 28.2 Å². The molecule has 7 nitrogen and oxygen atoms in total. The van der Waals surface area contributed by atoms with Crippen LogP contribution in [-0.2, 0) is 4.79 Å². The number of hydrogen-bond acceptors (Lipinski definition) is 6. The Morgan fingerprint density at radius 2 is 1.85 bits per heavy atom. The first kappa shape index (κ1) is 19.6. The number of carbonyl (C=O) groups is 2. The number of nitrogens with zero attached hydrogens (tertiary/aromatic N) is 1. The maximum Gasteiger partial charge on any atom is 0.255 e. The third-order valence-corrected chi connectivity index (χ3v) is 4.97. The quantitative estimate of drug-likeness (QED) is 0.762. The van der Waals surface area contributed by atoms with Gasteiger partial charge in [-0.25, -0.2) is 0 Å². The summed E-state index contributed by atoms with van der Waals surface area (Å²) in [5.74, 6) is -0.0284. The number of amides is 2. The number of ether oxygens (including phenoxy) is 3. The zero-order valence-corrected chi connectivity index (χ0v) is 16.0. The van der Waals surface area contributed by atoms with E-state index in [1.54, 1.807) is 35.4 Å².